The summed E-state index contributed by atoms with van der Waals surface area (Å²) >= 11 is 2.63. The monoisotopic (exact) mass is 472 g/mol. The van der Waals surface area contributed by atoms with Crippen LogP contribution in [0.1, 0.15) is 23.2 Å². The predicted octanol–water partition coefficient (Wildman–Crippen LogP) is 4.74. The first-order valence-electron chi connectivity index (χ1n) is 9.49. The van der Waals surface area contributed by atoms with Crippen molar-refractivity contribution < 1.29 is 13.2 Å². The summed E-state index contributed by atoms with van der Waals surface area (Å²) < 4.78 is 28.5. The molecule has 2 aromatic heterocycles. The second kappa shape index (κ2) is 8.74. The lowest BCUT2D eigenvalue weighted by Gasteiger charge is -2.05. The number of hydrogen-bond donors (Lipinski definition) is 2. The maximum atomic E-state index is 12.5. The van der Waals surface area contributed by atoms with E-state index in [0.29, 0.717) is 17.2 Å². The van der Waals surface area contributed by atoms with Gasteiger partial charge in [0, 0.05) is 11.8 Å². The molecule has 0 spiro atoms. The van der Waals surface area contributed by atoms with Gasteiger partial charge in [0.2, 0.25) is 5.91 Å². The number of thiazole rings is 2. The molecule has 0 aliphatic carbocycles. The van der Waals surface area contributed by atoms with Crippen molar-refractivity contribution in [1.82, 2.24) is 9.97 Å². The number of carbonyl (C=O) groups is 1. The molecule has 0 aliphatic rings. The molecule has 0 fully saturated rings. The van der Waals surface area contributed by atoms with Gasteiger partial charge in [-0.3, -0.25) is 9.52 Å². The number of fused-ring (bicyclic) bond motifs is 1. The lowest BCUT2D eigenvalue weighted by atomic mass is 10.2. The van der Waals surface area contributed by atoms with Crippen LogP contribution in [0, 0.1) is 13.8 Å². The summed E-state index contributed by atoms with van der Waals surface area (Å²) in [5.41, 5.74) is 3.64. The molecule has 0 aliphatic heterocycles. The molecule has 4 aromatic rings. The highest BCUT2D eigenvalue weighted by atomic mass is 32.2. The van der Waals surface area contributed by atoms with Gasteiger partial charge < -0.3 is 5.32 Å². The van der Waals surface area contributed by atoms with E-state index in [9.17, 15) is 13.2 Å². The molecule has 0 unspecified atom stereocenters. The Balaban J connectivity index is 1.34. The van der Waals surface area contributed by atoms with Crippen molar-refractivity contribution in [3.8, 4) is 0 Å². The highest BCUT2D eigenvalue weighted by Crippen LogP contribution is 2.27. The molecule has 160 valence electrons. The molecule has 7 nitrogen and oxygen atoms in total. The van der Waals surface area contributed by atoms with Crippen molar-refractivity contribution in [2.75, 3.05) is 10.0 Å². The zero-order valence-corrected chi connectivity index (χ0v) is 19.3. The van der Waals surface area contributed by atoms with Gasteiger partial charge in [0.05, 0.1) is 20.8 Å². The maximum absolute atomic E-state index is 12.5. The summed E-state index contributed by atoms with van der Waals surface area (Å²) in [6.07, 6.45) is 0.626. The number of sulfonamides is 1. The number of hydrogen-bond acceptors (Lipinski definition) is 7. The summed E-state index contributed by atoms with van der Waals surface area (Å²) in [5.74, 6) is -0.162. The first-order chi connectivity index (χ1) is 14.8. The Bertz CT molecular complexity index is 1340. The molecule has 10 heteroatoms. The fraction of sp³-hybridized carbons (Fsp3) is 0.190. The number of aryl methyl sites for hydroxylation is 3. The van der Waals surface area contributed by atoms with E-state index in [1.807, 2.05) is 32.0 Å². The molecule has 2 aromatic carbocycles. The summed E-state index contributed by atoms with van der Waals surface area (Å²) in [6.45, 7) is 3.91. The SMILES string of the molecule is Cc1ccc(S(=O)(=O)Nc2nc(CCC(=O)Nc3nc4ccc(C)cc4s3)cs2)cc1. The van der Waals surface area contributed by atoms with Gasteiger partial charge in [-0.25, -0.2) is 18.4 Å². The minimum absolute atomic E-state index is 0.162. The molecule has 0 saturated carbocycles. The minimum atomic E-state index is -3.69. The Morgan fingerprint density at radius 3 is 2.52 bits per heavy atom. The van der Waals surface area contributed by atoms with Crippen LogP contribution < -0.4 is 10.0 Å². The first kappa shape index (κ1) is 21.4. The Kier molecular flexibility index (Phi) is 6.03. The van der Waals surface area contributed by atoms with E-state index in [-0.39, 0.29) is 22.4 Å². The Morgan fingerprint density at radius 1 is 1.00 bits per heavy atom. The molecule has 1 amide bonds. The lowest BCUT2D eigenvalue weighted by molar-refractivity contribution is -0.116. The quantitative estimate of drug-likeness (QED) is 0.404. The zero-order valence-electron chi connectivity index (χ0n) is 16.9. The number of benzene rings is 2. The maximum Gasteiger partial charge on any atom is 0.263 e. The van der Waals surface area contributed by atoms with Gasteiger partial charge >= 0.3 is 0 Å². The van der Waals surface area contributed by atoms with E-state index in [2.05, 4.69) is 20.0 Å². The van der Waals surface area contributed by atoms with Crippen molar-refractivity contribution in [1.29, 1.82) is 0 Å². The average molecular weight is 473 g/mol. The molecule has 2 heterocycles. The van der Waals surface area contributed by atoms with E-state index in [0.717, 1.165) is 21.3 Å². The minimum Gasteiger partial charge on any atom is -0.302 e. The molecule has 0 bridgehead atoms. The van der Waals surface area contributed by atoms with Crippen LogP contribution in [0.4, 0.5) is 10.3 Å². The number of nitrogens with one attached hydrogen (secondary N) is 2. The summed E-state index contributed by atoms with van der Waals surface area (Å²) in [7, 11) is -3.69. The van der Waals surface area contributed by atoms with Crippen molar-refractivity contribution >= 4 is 59.1 Å². The smallest absolute Gasteiger partial charge is 0.263 e. The van der Waals surface area contributed by atoms with Gasteiger partial charge in [0.25, 0.3) is 10.0 Å². The third-order valence-electron chi connectivity index (χ3n) is 4.50. The van der Waals surface area contributed by atoms with Crippen LogP contribution in [-0.2, 0) is 21.2 Å². The normalized spacial score (nSPS) is 11.5. The molecule has 0 saturated heterocycles. The van der Waals surface area contributed by atoms with Crippen LogP contribution in [-0.4, -0.2) is 24.3 Å². The third kappa shape index (κ3) is 5.27. The topological polar surface area (TPSA) is 101 Å². The fourth-order valence-corrected chi connectivity index (χ4v) is 5.85. The van der Waals surface area contributed by atoms with E-state index in [1.54, 1.807) is 29.6 Å². The molecular weight excluding hydrogens is 452 g/mol. The molecular formula is C21H20N4O3S3. The molecule has 31 heavy (non-hydrogen) atoms. The molecule has 2 N–H and O–H groups in total. The molecule has 0 radical (unpaired) electrons. The van der Waals surface area contributed by atoms with Crippen molar-refractivity contribution in [2.24, 2.45) is 0 Å². The van der Waals surface area contributed by atoms with Crippen LogP contribution in [0.25, 0.3) is 10.2 Å². The average Bonchev–Trinajstić information content (AvgIpc) is 3.32. The Hall–Kier alpha value is -2.82. The number of nitrogens with zero attached hydrogens (tertiary/aromatic N) is 2. The van der Waals surface area contributed by atoms with Gasteiger partial charge in [-0.1, -0.05) is 35.1 Å². The number of carbonyl (C=O) groups excluding carboxylic acids is 1. The number of anilines is 2. The van der Waals surface area contributed by atoms with Crippen LogP contribution in [0.3, 0.4) is 0 Å². The highest BCUT2D eigenvalue weighted by molar-refractivity contribution is 7.93. The second-order valence-electron chi connectivity index (χ2n) is 7.10. The van der Waals surface area contributed by atoms with Gasteiger partial charge in [-0.2, -0.15) is 0 Å². The van der Waals surface area contributed by atoms with Crippen LogP contribution >= 0.6 is 22.7 Å². The summed E-state index contributed by atoms with van der Waals surface area (Å²) in [4.78, 5) is 21.2. The second-order valence-corrected chi connectivity index (χ2v) is 10.7. The van der Waals surface area contributed by atoms with Crippen molar-refractivity contribution in [3.05, 3.63) is 64.7 Å². The van der Waals surface area contributed by atoms with Gasteiger partial charge in [-0.15, -0.1) is 11.3 Å². The number of amides is 1. The fourth-order valence-electron chi connectivity index (χ4n) is 2.87. The number of aromatic nitrogens is 2. The van der Waals surface area contributed by atoms with E-state index < -0.39 is 10.0 Å². The lowest BCUT2D eigenvalue weighted by Crippen LogP contribution is -2.13. The summed E-state index contributed by atoms with van der Waals surface area (Å²) in [5, 5.41) is 5.42. The highest BCUT2D eigenvalue weighted by Gasteiger charge is 2.16. The van der Waals surface area contributed by atoms with Gasteiger partial charge in [-0.05, 0) is 50.1 Å². The molecule has 4 rings (SSSR count). The first-order valence-corrected chi connectivity index (χ1v) is 12.7. The van der Waals surface area contributed by atoms with Gasteiger partial charge in [0.1, 0.15) is 0 Å². The Labute approximate surface area is 188 Å². The number of rotatable bonds is 7. The predicted molar refractivity (Wildman–Crippen MR) is 125 cm³/mol. The van der Waals surface area contributed by atoms with Crippen molar-refractivity contribution in [2.45, 2.75) is 31.6 Å². The zero-order chi connectivity index (χ0) is 22.0. The third-order valence-corrected chi connectivity index (χ3v) is 7.73. The van der Waals surface area contributed by atoms with Crippen LogP contribution in [0.2, 0.25) is 0 Å². The summed E-state index contributed by atoms with van der Waals surface area (Å²) in [6, 6.07) is 12.6. The van der Waals surface area contributed by atoms with Crippen LogP contribution in [0.5, 0.6) is 0 Å². The van der Waals surface area contributed by atoms with Crippen molar-refractivity contribution in [3.63, 3.8) is 0 Å². The van der Waals surface area contributed by atoms with E-state index >= 15 is 0 Å². The van der Waals surface area contributed by atoms with Gasteiger partial charge in [0.15, 0.2) is 10.3 Å². The molecule has 0 atom stereocenters. The standard InChI is InChI=1S/C21H20N4O3S3/c1-13-3-7-16(8-4-13)31(27,28)25-21-22-15(12-29-21)6-10-19(26)24-20-23-17-9-5-14(2)11-18(17)30-20/h3-5,7-9,11-12H,6,10H2,1-2H3,(H,22,25)(H,23,24,26). The largest absolute Gasteiger partial charge is 0.302 e. The van der Waals surface area contributed by atoms with Crippen LogP contribution in [0.15, 0.2) is 52.7 Å². The van der Waals surface area contributed by atoms with E-state index in [4.69, 9.17) is 0 Å². The van der Waals surface area contributed by atoms with E-state index in [1.165, 1.54) is 22.7 Å². The Morgan fingerprint density at radius 2 is 1.74 bits per heavy atom.